The van der Waals surface area contributed by atoms with Crippen LogP contribution >= 0.6 is 12.4 Å². The summed E-state index contributed by atoms with van der Waals surface area (Å²) in [7, 11) is -3.62. The minimum Gasteiger partial charge on any atom is -0.340 e. The maximum absolute atomic E-state index is 12.6. The second-order valence-electron chi connectivity index (χ2n) is 6.05. The number of carbonyl (C=O) groups excluding carboxylic acids is 2. The molecule has 1 heterocycles. The van der Waals surface area contributed by atoms with Gasteiger partial charge in [-0.05, 0) is 26.0 Å². The van der Waals surface area contributed by atoms with Crippen molar-refractivity contribution in [2.45, 2.75) is 31.2 Å². The van der Waals surface area contributed by atoms with Crippen LogP contribution in [0.2, 0.25) is 0 Å². The highest BCUT2D eigenvalue weighted by Gasteiger charge is 2.30. The van der Waals surface area contributed by atoms with Crippen LogP contribution in [0.4, 0.5) is 0 Å². The molecule has 1 aliphatic heterocycles. The first-order valence-corrected chi connectivity index (χ1v) is 9.30. The molecule has 1 fully saturated rings. The van der Waals surface area contributed by atoms with Crippen LogP contribution in [0.3, 0.4) is 0 Å². The lowest BCUT2D eigenvalue weighted by molar-refractivity contribution is -0.132. The molecule has 0 saturated carbocycles. The van der Waals surface area contributed by atoms with E-state index in [0.29, 0.717) is 18.7 Å². The number of hydrogen-bond acceptors (Lipinski definition) is 5. The number of hydrogen-bond donors (Lipinski definition) is 1. The van der Waals surface area contributed by atoms with Crippen LogP contribution in [0.1, 0.15) is 30.6 Å². The lowest BCUT2D eigenvalue weighted by atomic mass is 10.2. The molecule has 1 saturated heterocycles. The largest absolute Gasteiger partial charge is 0.340 e. The van der Waals surface area contributed by atoms with E-state index < -0.39 is 10.0 Å². The normalized spacial score (nSPS) is 16.8. The van der Waals surface area contributed by atoms with Gasteiger partial charge in [0.1, 0.15) is 0 Å². The summed E-state index contributed by atoms with van der Waals surface area (Å²) in [6.45, 7) is 4.42. The van der Waals surface area contributed by atoms with Crippen molar-refractivity contribution in [1.29, 1.82) is 0 Å². The van der Waals surface area contributed by atoms with Gasteiger partial charge >= 0.3 is 0 Å². The van der Waals surface area contributed by atoms with E-state index in [2.05, 4.69) is 0 Å². The predicted molar refractivity (Wildman–Crippen MR) is 97.3 cm³/mol. The Morgan fingerprint density at radius 3 is 2.08 bits per heavy atom. The summed E-state index contributed by atoms with van der Waals surface area (Å²) in [4.78, 5) is 25.1. The van der Waals surface area contributed by atoms with Gasteiger partial charge in [0.05, 0.1) is 4.90 Å². The first kappa shape index (κ1) is 21.6. The van der Waals surface area contributed by atoms with Crippen molar-refractivity contribution in [1.82, 2.24) is 9.21 Å². The number of rotatable bonds is 5. The second kappa shape index (κ2) is 8.75. The van der Waals surface area contributed by atoms with Gasteiger partial charge in [-0.25, -0.2) is 8.42 Å². The number of piperazine rings is 1. The van der Waals surface area contributed by atoms with Crippen LogP contribution in [0.15, 0.2) is 29.2 Å². The van der Waals surface area contributed by atoms with Crippen molar-refractivity contribution in [3.8, 4) is 0 Å². The molecule has 1 aromatic rings. The van der Waals surface area contributed by atoms with Gasteiger partial charge in [0.15, 0.2) is 5.78 Å². The SMILES string of the molecule is CC(=O)c1ccc(S(=O)(=O)N2CCN(C(=O)CC(C)N)CC2)cc1.Cl. The van der Waals surface area contributed by atoms with Gasteiger partial charge in [-0.15, -0.1) is 12.4 Å². The summed E-state index contributed by atoms with van der Waals surface area (Å²) in [6, 6.07) is 5.70. The maximum Gasteiger partial charge on any atom is 0.243 e. The van der Waals surface area contributed by atoms with Crippen LogP contribution in [0, 0.1) is 0 Å². The van der Waals surface area contributed by atoms with Gasteiger partial charge in [-0.3, -0.25) is 9.59 Å². The highest BCUT2D eigenvalue weighted by molar-refractivity contribution is 7.89. The Bertz CT molecular complexity index is 711. The minimum absolute atomic E-state index is 0. The number of nitrogens with two attached hydrogens (primary N) is 1. The van der Waals surface area contributed by atoms with Gasteiger partial charge in [-0.1, -0.05) is 12.1 Å². The molecule has 1 unspecified atom stereocenters. The summed E-state index contributed by atoms with van der Waals surface area (Å²) in [5.41, 5.74) is 6.10. The number of Topliss-reactive ketones (excluding diaryl/α,β-unsaturated/α-hetero) is 1. The zero-order valence-corrected chi connectivity index (χ0v) is 16.0. The third-order valence-corrected chi connectivity index (χ3v) is 5.90. The topological polar surface area (TPSA) is 101 Å². The van der Waals surface area contributed by atoms with Crippen LogP contribution in [-0.2, 0) is 14.8 Å². The van der Waals surface area contributed by atoms with Crippen molar-refractivity contribution in [2.24, 2.45) is 5.73 Å². The van der Waals surface area contributed by atoms with Gasteiger partial charge in [-0.2, -0.15) is 4.31 Å². The second-order valence-corrected chi connectivity index (χ2v) is 7.98. The molecule has 9 heteroatoms. The van der Waals surface area contributed by atoms with Crippen LogP contribution in [0.5, 0.6) is 0 Å². The molecule has 25 heavy (non-hydrogen) atoms. The molecule has 0 spiro atoms. The minimum atomic E-state index is -3.62. The quantitative estimate of drug-likeness (QED) is 0.753. The molecule has 1 aromatic carbocycles. The fourth-order valence-corrected chi connectivity index (χ4v) is 4.02. The lowest BCUT2D eigenvalue weighted by Crippen LogP contribution is -2.51. The number of carbonyl (C=O) groups is 2. The Morgan fingerprint density at radius 1 is 1.12 bits per heavy atom. The summed E-state index contributed by atoms with van der Waals surface area (Å²) in [5, 5.41) is 0. The highest BCUT2D eigenvalue weighted by Crippen LogP contribution is 2.19. The Labute approximate surface area is 154 Å². The van der Waals surface area contributed by atoms with E-state index >= 15 is 0 Å². The third kappa shape index (κ3) is 5.24. The molecule has 1 amide bonds. The van der Waals surface area contributed by atoms with Gasteiger partial charge in [0.25, 0.3) is 0 Å². The number of ketones is 1. The molecule has 2 N–H and O–H groups in total. The first-order chi connectivity index (χ1) is 11.2. The standard InChI is InChI=1S/C16H23N3O4S.ClH/c1-12(17)11-16(21)18-7-9-19(10-8-18)24(22,23)15-5-3-14(4-6-15)13(2)20;/h3-6,12H,7-11,17H2,1-2H3;1H. The zero-order chi connectivity index (χ0) is 17.9. The van der Waals surface area contributed by atoms with E-state index in [1.54, 1.807) is 11.8 Å². The van der Waals surface area contributed by atoms with Crippen molar-refractivity contribution in [2.75, 3.05) is 26.2 Å². The number of nitrogens with zero attached hydrogens (tertiary/aromatic N) is 2. The Morgan fingerprint density at radius 2 is 1.64 bits per heavy atom. The van der Waals surface area contributed by atoms with Crippen molar-refractivity contribution >= 4 is 34.1 Å². The number of sulfonamides is 1. The molecule has 1 atom stereocenters. The highest BCUT2D eigenvalue weighted by atomic mass is 35.5. The first-order valence-electron chi connectivity index (χ1n) is 7.86. The summed E-state index contributed by atoms with van der Waals surface area (Å²) in [6.07, 6.45) is 0.263. The van der Waals surface area contributed by atoms with Crippen LogP contribution < -0.4 is 5.73 Å². The summed E-state index contributed by atoms with van der Waals surface area (Å²) < 4.78 is 26.6. The van der Waals surface area contributed by atoms with Crippen molar-refractivity contribution in [3.63, 3.8) is 0 Å². The Hall–Kier alpha value is -1.48. The van der Waals surface area contributed by atoms with Crippen molar-refractivity contribution in [3.05, 3.63) is 29.8 Å². The Balaban J connectivity index is 0.00000312. The summed E-state index contributed by atoms with van der Waals surface area (Å²) in [5.74, 6) is -0.159. The average Bonchev–Trinajstić information content (AvgIpc) is 2.54. The molecule has 140 valence electrons. The van der Waals surface area contributed by atoms with Gasteiger partial charge in [0.2, 0.25) is 15.9 Å². The number of halogens is 1. The molecule has 1 aliphatic rings. The molecule has 0 aliphatic carbocycles. The molecule has 0 aromatic heterocycles. The summed E-state index contributed by atoms with van der Waals surface area (Å²) >= 11 is 0. The van der Waals surface area contributed by atoms with Gasteiger partial charge in [0, 0.05) is 44.2 Å². The fraction of sp³-hybridized carbons (Fsp3) is 0.500. The van der Waals surface area contributed by atoms with Crippen molar-refractivity contribution < 1.29 is 18.0 Å². The van der Waals surface area contributed by atoms with E-state index in [-0.39, 0.29) is 54.5 Å². The predicted octanol–water partition coefficient (Wildman–Crippen LogP) is 0.881. The monoisotopic (exact) mass is 389 g/mol. The van der Waals surface area contributed by atoms with Gasteiger partial charge < -0.3 is 10.6 Å². The van der Waals surface area contributed by atoms with E-state index in [0.717, 1.165) is 0 Å². The molecular weight excluding hydrogens is 366 g/mol. The fourth-order valence-electron chi connectivity index (χ4n) is 2.59. The smallest absolute Gasteiger partial charge is 0.243 e. The zero-order valence-electron chi connectivity index (χ0n) is 14.3. The van der Waals surface area contributed by atoms with E-state index in [1.807, 2.05) is 0 Å². The van der Waals surface area contributed by atoms with E-state index in [1.165, 1.54) is 35.5 Å². The maximum atomic E-state index is 12.6. The molecule has 0 radical (unpaired) electrons. The average molecular weight is 390 g/mol. The molecular formula is C16H24ClN3O4S. The van der Waals surface area contributed by atoms with Crippen LogP contribution in [0.25, 0.3) is 0 Å². The number of amides is 1. The number of benzene rings is 1. The molecule has 2 rings (SSSR count). The van der Waals surface area contributed by atoms with E-state index in [9.17, 15) is 18.0 Å². The molecule has 0 bridgehead atoms. The lowest BCUT2D eigenvalue weighted by Gasteiger charge is -2.34. The van der Waals surface area contributed by atoms with Crippen LogP contribution in [-0.4, -0.2) is 61.5 Å². The Kier molecular flexibility index (Phi) is 7.55. The third-order valence-electron chi connectivity index (χ3n) is 3.99. The molecule has 7 nitrogen and oxygen atoms in total. The van der Waals surface area contributed by atoms with E-state index in [4.69, 9.17) is 5.73 Å².